The molecule has 1 aliphatic rings. The normalized spacial score (nSPS) is 12.3. The molecule has 0 unspecified atom stereocenters. The molecule has 0 heterocycles. The first-order valence-electron chi connectivity index (χ1n) is 25.0. The number of carbonyl (C=O) groups excluding carboxylic acids is 4. The van der Waals surface area contributed by atoms with Gasteiger partial charge in [-0.3, -0.25) is 4.79 Å². The summed E-state index contributed by atoms with van der Waals surface area (Å²) in [4.78, 5) is 55.1. The predicted molar refractivity (Wildman–Crippen MR) is 260 cm³/mol. The second-order valence-electron chi connectivity index (χ2n) is 19.7. The van der Waals surface area contributed by atoms with E-state index in [0.717, 1.165) is 24.0 Å². The van der Waals surface area contributed by atoms with E-state index in [1.165, 1.54) is 94.6 Å². The van der Waals surface area contributed by atoms with Gasteiger partial charge in [0, 0.05) is 51.6 Å². The Morgan fingerprint density at radius 2 is 0.906 bits per heavy atom. The van der Waals surface area contributed by atoms with Crippen molar-refractivity contribution in [3.8, 4) is 11.1 Å². The van der Waals surface area contributed by atoms with E-state index < -0.39 is 23.4 Å². The highest BCUT2D eigenvalue weighted by atomic mass is 16.6. The van der Waals surface area contributed by atoms with Gasteiger partial charge in [-0.2, -0.15) is 0 Å². The molecule has 0 aliphatic heterocycles. The van der Waals surface area contributed by atoms with Crippen molar-refractivity contribution in [3.05, 3.63) is 59.7 Å². The van der Waals surface area contributed by atoms with Crippen LogP contribution in [0.15, 0.2) is 48.5 Å². The summed E-state index contributed by atoms with van der Waals surface area (Å²) in [6.45, 7) is 16.1. The summed E-state index contributed by atoms with van der Waals surface area (Å²) in [5.41, 5.74) is 3.36. The van der Waals surface area contributed by atoms with Crippen molar-refractivity contribution in [2.45, 2.75) is 194 Å². The summed E-state index contributed by atoms with van der Waals surface area (Å²) >= 11 is 0. The van der Waals surface area contributed by atoms with Crippen LogP contribution in [0.25, 0.3) is 11.1 Å². The van der Waals surface area contributed by atoms with Gasteiger partial charge in [-0.05, 0) is 95.9 Å². The summed E-state index contributed by atoms with van der Waals surface area (Å²) < 4.78 is 17.1. The standard InChI is InChI=1S/C53H86N4O7/c1-8-9-10-11-12-13-14-15-16-17-18-19-20-21-22-35-48(58)54-36-29-40-56(50(60)63-52(2,3)4)38-27-28-39-57(51(61)64-53(5,6)7)41-30-37-55-49(59)62-42-47-45-33-25-23-31-43(45)44-32-24-26-34-46(44)47/h23-26,31-34,47H,8-22,27-30,35-42H2,1-7H3,(H,54,58)(H,55,59). The van der Waals surface area contributed by atoms with Crippen LogP contribution in [0.5, 0.6) is 0 Å². The van der Waals surface area contributed by atoms with Gasteiger partial charge in [0.25, 0.3) is 0 Å². The molecule has 0 saturated carbocycles. The number of amides is 4. The lowest BCUT2D eigenvalue weighted by Gasteiger charge is -2.29. The molecular weight excluding hydrogens is 805 g/mol. The molecule has 0 spiro atoms. The van der Waals surface area contributed by atoms with Gasteiger partial charge in [0.15, 0.2) is 0 Å². The van der Waals surface area contributed by atoms with Crippen LogP contribution in [0.4, 0.5) is 14.4 Å². The minimum Gasteiger partial charge on any atom is -0.449 e. The molecule has 2 N–H and O–H groups in total. The zero-order valence-electron chi connectivity index (χ0n) is 41.0. The van der Waals surface area contributed by atoms with Crippen LogP contribution in [0.2, 0.25) is 0 Å². The van der Waals surface area contributed by atoms with Gasteiger partial charge in [0.05, 0.1) is 0 Å². The Hall–Kier alpha value is -4.28. The lowest BCUT2D eigenvalue weighted by Crippen LogP contribution is -2.40. The number of nitrogens with one attached hydrogen (secondary N) is 2. The Labute approximate surface area is 387 Å². The summed E-state index contributed by atoms with van der Waals surface area (Å²) in [6, 6.07) is 16.5. The van der Waals surface area contributed by atoms with E-state index in [-0.39, 0.29) is 24.5 Å². The third-order valence-corrected chi connectivity index (χ3v) is 11.6. The number of fused-ring (bicyclic) bond motifs is 3. The van der Waals surface area contributed by atoms with Crippen LogP contribution in [0.3, 0.4) is 0 Å². The van der Waals surface area contributed by atoms with Crippen molar-refractivity contribution in [3.63, 3.8) is 0 Å². The van der Waals surface area contributed by atoms with Crippen LogP contribution < -0.4 is 10.6 Å². The number of alkyl carbamates (subject to hydrolysis) is 1. The third kappa shape index (κ3) is 22.6. The van der Waals surface area contributed by atoms with Gasteiger partial charge in [-0.25, -0.2) is 14.4 Å². The van der Waals surface area contributed by atoms with Gasteiger partial charge >= 0.3 is 18.3 Å². The molecule has 1 aliphatic carbocycles. The van der Waals surface area contributed by atoms with E-state index in [1.54, 1.807) is 9.80 Å². The molecule has 0 atom stereocenters. The van der Waals surface area contributed by atoms with Crippen molar-refractivity contribution < 1.29 is 33.4 Å². The van der Waals surface area contributed by atoms with Crippen molar-refractivity contribution in [2.75, 3.05) is 45.9 Å². The maximum Gasteiger partial charge on any atom is 0.410 e. The highest BCUT2D eigenvalue weighted by molar-refractivity contribution is 5.79. The number of benzene rings is 2. The summed E-state index contributed by atoms with van der Waals surface area (Å²) in [7, 11) is 0. The molecule has 11 nitrogen and oxygen atoms in total. The van der Waals surface area contributed by atoms with Crippen molar-refractivity contribution >= 4 is 24.2 Å². The number of rotatable bonds is 31. The lowest BCUT2D eigenvalue weighted by atomic mass is 9.98. The van der Waals surface area contributed by atoms with E-state index >= 15 is 0 Å². The first-order valence-corrected chi connectivity index (χ1v) is 25.0. The van der Waals surface area contributed by atoms with E-state index in [9.17, 15) is 19.2 Å². The zero-order chi connectivity index (χ0) is 46.6. The highest BCUT2D eigenvalue weighted by Gasteiger charge is 2.29. The Kier molecular flexibility index (Phi) is 25.4. The van der Waals surface area contributed by atoms with Gasteiger partial charge < -0.3 is 34.6 Å². The molecule has 360 valence electrons. The Balaban J connectivity index is 1.33. The minimum atomic E-state index is -0.663. The minimum absolute atomic E-state index is 0.0219. The molecule has 0 saturated heterocycles. The molecule has 0 bridgehead atoms. The topological polar surface area (TPSA) is 127 Å². The second kappa shape index (κ2) is 30.0. The van der Waals surface area contributed by atoms with Crippen LogP contribution in [-0.2, 0) is 19.0 Å². The van der Waals surface area contributed by atoms with Crippen molar-refractivity contribution in [1.29, 1.82) is 0 Å². The van der Waals surface area contributed by atoms with E-state index in [4.69, 9.17) is 14.2 Å². The average Bonchev–Trinajstić information content (AvgIpc) is 3.56. The SMILES string of the molecule is CCCCCCCCCCCCCCCCCC(=O)NCCCN(CCCCN(CCCNC(=O)OCC1c2ccccc2-c2ccccc21)C(=O)OC(C)(C)C)C(=O)OC(C)(C)C. The molecule has 0 fully saturated rings. The molecule has 0 aromatic heterocycles. The molecule has 0 radical (unpaired) electrons. The number of nitrogens with zero attached hydrogens (tertiary/aromatic N) is 2. The smallest absolute Gasteiger partial charge is 0.410 e. The first-order chi connectivity index (χ1) is 30.7. The van der Waals surface area contributed by atoms with Gasteiger partial charge in [-0.15, -0.1) is 0 Å². The average molecular weight is 891 g/mol. The maximum atomic E-state index is 13.2. The summed E-state index contributed by atoms with van der Waals surface area (Å²) in [6.07, 6.45) is 21.1. The van der Waals surface area contributed by atoms with Crippen LogP contribution in [0, 0.1) is 0 Å². The number of unbranched alkanes of at least 4 members (excludes halogenated alkanes) is 15. The fraction of sp³-hybridized carbons (Fsp3) is 0.698. The summed E-state index contributed by atoms with van der Waals surface area (Å²) in [5, 5.41) is 5.89. The first kappa shape index (κ1) is 54.1. The number of carbonyl (C=O) groups is 4. The van der Waals surface area contributed by atoms with E-state index in [0.29, 0.717) is 71.4 Å². The molecule has 2 aromatic carbocycles. The number of hydrogen-bond acceptors (Lipinski definition) is 7. The van der Waals surface area contributed by atoms with E-state index in [2.05, 4.69) is 41.8 Å². The Morgan fingerprint density at radius 1 is 0.516 bits per heavy atom. The number of hydrogen-bond donors (Lipinski definition) is 2. The Morgan fingerprint density at radius 3 is 1.34 bits per heavy atom. The largest absolute Gasteiger partial charge is 0.449 e. The fourth-order valence-electron chi connectivity index (χ4n) is 8.20. The second-order valence-corrected chi connectivity index (χ2v) is 19.7. The Bertz CT molecular complexity index is 1610. The van der Waals surface area contributed by atoms with Gasteiger partial charge in [0.1, 0.15) is 17.8 Å². The van der Waals surface area contributed by atoms with Gasteiger partial charge in [-0.1, -0.05) is 145 Å². The quantitative estimate of drug-likeness (QED) is 0.0570. The van der Waals surface area contributed by atoms with Crippen LogP contribution >= 0.6 is 0 Å². The molecule has 64 heavy (non-hydrogen) atoms. The summed E-state index contributed by atoms with van der Waals surface area (Å²) in [5.74, 6) is 0.0422. The van der Waals surface area contributed by atoms with Crippen molar-refractivity contribution in [2.24, 2.45) is 0 Å². The molecule has 11 heteroatoms. The van der Waals surface area contributed by atoms with Crippen molar-refractivity contribution in [1.82, 2.24) is 20.4 Å². The van der Waals surface area contributed by atoms with Crippen LogP contribution in [-0.4, -0.2) is 91.1 Å². The molecule has 4 amide bonds. The van der Waals surface area contributed by atoms with Crippen LogP contribution in [0.1, 0.15) is 194 Å². The number of ether oxygens (including phenoxy) is 3. The predicted octanol–water partition coefficient (Wildman–Crippen LogP) is 12.9. The molecule has 3 rings (SSSR count). The maximum absolute atomic E-state index is 13.2. The zero-order valence-corrected chi connectivity index (χ0v) is 41.0. The van der Waals surface area contributed by atoms with E-state index in [1.807, 2.05) is 65.8 Å². The molecular formula is C53H86N4O7. The monoisotopic (exact) mass is 891 g/mol. The van der Waals surface area contributed by atoms with Gasteiger partial charge in [0.2, 0.25) is 5.91 Å². The fourth-order valence-corrected chi connectivity index (χ4v) is 8.20. The third-order valence-electron chi connectivity index (χ3n) is 11.6. The lowest BCUT2D eigenvalue weighted by molar-refractivity contribution is -0.121. The highest BCUT2D eigenvalue weighted by Crippen LogP contribution is 2.44. The molecule has 2 aromatic rings.